The van der Waals surface area contributed by atoms with E-state index >= 15 is 0 Å². The van der Waals surface area contributed by atoms with Crippen LogP contribution >= 0.6 is 27.5 Å². The normalized spacial score (nSPS) is 24.8. The van der Waals surface area contributed by atoms with Crippen LogP contribution in [0.5, 0.6) is 0 Å². The van der Waals surface area contributed by atoms with Gasteiger partial charge in [-0.2, -0.15) is 0 Å². The number of hydrogen-bond donors (Lipinski definition) is 2. The van der Waals surface area contributed by atoms with Gasteiger partial charge in [0.25, 0.3) is 5.56 Å². The minimum absolute atomic E-state index is 0.179. The Morgan fingerprint density at radius 2 is 2.36 bits per heavy atom. The highest BCUT2D eigenvalue weighted by Gasteiger charge is 2.35. The SMILES string of the molecule is CC(=O)NC[C@@H]1O[C@H](n2cc(/C=C/Br)c(=O)[nH]c2=O)CC1Cl. The van der Waals surface area contributed by atoms with E-state index in [0.29, 0.717) is 12.0 Å². The fraction of sp³-hybridized carbons (Fsp3) is 0.462. The molecule has 1 unspecified atom stereocenters. The second kappa shape index (κ2) is 7.26. The van der Waals surface area contributed by atoms with E-state index in [9.17, 15) is 14.4 Å². The topological polar surface area (TPSA) is 93.2 Å². The summed E-state index contributed by atoms with van der Waals surface area (Å²) in [4.78, 5) is 38.3. The summed E-state index contributed by atoms with van der Waals surface area (Å²) in [6, 6.07) is 0. The number of carbonyl (C=O) groups excluding carboxylic acids is 1. The molecule has 7 nitrogen and oxygen atoms in total. The third-order valence-electron chi connectivity index (χ3n) is 3.26. The number of aromatic amines is 1. The molecule has 0 saturated carbocycles. The van der Waals surface area contributed by atoms with Crippen LogP contribution in [0.15, 0.2) is 20.8 Å². The lowest BCUT2D eigenvalue weighted by atomic mass is 10.2. The fourth-order valence-corrected chi connectivity index (χ4v) is 2.77. The molecule has 0 aliphatic carbocycles. The van der Waals surface area contributed by atoms with Crippen molar-refractivity contribution in [3.8, 4) is 0 Å². The smallest absolute Gasteiger partial charge is 0.330 e. The number of halogens is 2. The van der Waals surface area contributed by atoms with Crippen LogP contribution in [-0.2, 0) is 9.53 Å². The zero-order valence-electron chi connectivity index (χ0n) is 11.7. The molecular formula is C13H15BrClN3O4. The molecule has 1 aliphatic heterocycles. The van der Waals surface area contributed by atoms with E-state index < -0.39 is 23.6 Å². The van der Waals surface area contributed by atoms with Gasteiger partial charge in [0.2, 0.25) is 5.91 Å². The number of amides is 1. The fourth-order valence-electron chi connectivity index (χ4n) is 2.19. The van der Waals surface area contributed by atoms with Crippen LogP contribution in [0.3, 0.4) is 0 Å². The maximum Gasteiger partial charge on any atom is 0.330 e. The van der Waals surface area contributed by atoms with Crippen LogP contribution in [0.25, 0.3) is 6.08 Å². The lowest BCUT2D eigenvalue weighted by Gasteiger charge is -2.16. The Kier molecular flexibility index (Phi) is 5.60. The quantitative estimate of drug-likeness (QED) is 0.746. The monoisotopic (exact) mass is 391 g/mol. The molecule has 2 N–H and O–H groups in total. The minimum Gasteiger partial charge on any atom is -0.354 e. The van der Waals surface area contributed by atoms with E-state index in [1.54, 1.807) is 0 Å². The molecule has 1 aromatic rings. The molecule has 0 bridgehead atoms. The van der Waals surface area contributed by atoms with Crippen molar-refractivity contribution < 1.29 is 9.53 Å². The van der Waals surface area contributed by atoms with Gasteiger partial charge >= 0.3 is 5.69 Å². The number of hydrogen-bond acceptors (Lipinski definition) is 4. The first-order valence-electron chi connectivity index (χ1n) is 6.58. The predicted molar refractivity (Wildman–Crippen MR) is 86.1 cm³/mol. The van der Waals surface area contributed by atoms with E-state index in [-0.39, 0.29) is 17.8 Å². The molecule has 1 aromatic heterocycles. The summed E-state index contributed by atoms with van der Waals surface area (Å²) in [6.45, 7) is 1.67. The van der Waals surface area contributed by atoms with Gasteiger partial charge in [0, 0.05) is 26.1 Å². The Balaban J connectivity index is 2.22. The third-order valence-corrected chi connectivity index (χ3v) is 3.99. The van der Waals surface area contributed by atoms with E-state index in [1.807, 2.05) is 0 Å². The van der Waals surface area contributed by atoms with Crippen molar-refractivity contribution in [1.82, 2.24) is 14.9 Å². The number of H-pyrrole nitrogens is 1. The van der Waals surface area contributed by atoms with E-state index in [0.717, 1.165) is 0 Å². The van der Waals surface area contributed by atoms with Crippen molar-refractivity contribution in [3.05, 3.63) is 37.6 Å². The van der Waals surface area contributed by atoms with Gasteiger partial charge in [-0.05, 0) is 11.1 Å². The first-order chi connectivity index (χ1) is 10.4. The first kappa shape index (κ1) is 17.0. The molecule has 0 spiro atoms. The van der Waals surface area contributed by atoms with Gasteiger partial charge in [-0.3, -0.25) is 19.1 Å². The average Bonchev–Trinajstić information content (AvgIpc) is 2.80. The first-order valence-corrected chi connectivity index (χ1v) is 7.93. The summed E-state index contributed by atoms with van der Waals surface area (Å²) in [5, 5.41) is 2.29. The van der Waals surface area contributed by atoms with Crippen molar-refractivity contribution in [2.75, 3.05) is 6.54 Å². The highest BCUT2D eigenvalue weighted by atomic mass is 79.9. The number of nitrogens with zero attached hydrogens (tertiary/aromatic N) is 1. The number of carbonyl (C=O) groups is 1. The molecule has 1 amide bonds. The summed E-state index contributed by atoms with van der Waals surface area (Å²) in [5.74, 6) is -0.179. The Labute approximate surface area is 139 Å². The molecule has 2 heterocycles. The van der Waals surface area contributed by atoms with Crippen molar-refractivity contribution in [2.24, 2.45) is 0 Å². The lowest BCUT2D eigenvalue weighted by molar-refractivity contribution is -0.119. The molecule has 9 heteroatoms. The summed E-state index contributed by atoms with van der Waals surface area (Å²) in [7, 11) is 0. The van der Waals surface area contributed by atoms with Crippen molar-refractivity contribution in [1.29, 1.82) is 0 Å². The van der Waals surface area contributed by atoms with Crippen LogP contribution in [0.4, 0.5) is 0 Å². The number of aromatic nitrogens is 2. The molecule has 22 heavy (non-hydrogen) atoms. The number of nitrogens with one attached hydrogen (secondary N) is 2. The molecule has 0 radical (unpaired) electrons. The molecule has 1 aliphatic rings. The third kappa shape index (κ3) is 3.88. The number of rotatable bonds is 4. The van der Waals surface area contributed by atoms with Crippen LogP contribution in [0, 0.1) is 0 Å². The van der Waals surface area contributed by atoms with Gasteiger partial charge in [-0.15, -0.1) is 11.6 Å². The van der Waals surface area contributed by atoms with Gasteiger partial charge in [-0.25, -0.2) is 4.79 Å². The highest BCUT2D eigenvalue weighted by Crippen LogP contribution is 2.31. The van der Waals surface area contributed by atoms with Crippen LogP contribution in [0.1, 0.15) is 25.1 Å². The Morgan fingerprint density at radius 3 is 3.00 bits per heavy atom. The molecule has 3 atom stereocenters. The molecule has 1 fully saturated rings. The van der Waals surface area contributed by atoms with Crippen LogP contribution in [0.2, 0.25) is 0 Å². The van der Waals surface area contributed by atoms with Crippen LogP contribution in [-0.4, -0.2) is 33.5 Å². The van der Waals surface area contributed by atoms with Gasteiger partial charge < -0.3 is 10.1 Å². The average molecular weight is 393 g/mol. The minimum atomic E-state index is -0.590. The second-order valence-electron chi connectivity index (χ2n) is 4.86. The Hall–Kier alpha value is -1.38. The lowest BCUT2D eigenvalue weighted by Crippen LogP contribution is -2.35. The highest BCUT2D eigenvalue weighted by molar-refractivity contribution is 9.11. The Morgan fingerprint density at radius 1 is 1.64 bits per heavy atom. The largest absolute Gasteiger partial charge is 0.354 e. The van der Waals surface area contributed by atoms with Gasteiger partial charge in [0.15, 0.2) is 0 Å². The summed E-state index contributed by atoms with van der Waals surface area (Å²) in [6.07, 6.45) is 2.36. The molecular weight excluding hydrogens is 378 g/mol. The predicted octanol–water partition coefficient (Wildman–Crippen LogP) is 0.933. The zero-order valence-corrected chi connectivity index (χ0v) is 14.1. The summed E-state index contributed by atoms with van der Waals surface area (Å²) >= 11 is 9.29. The van der Waals surface area contributed by atoms with Crippen molar-refractivity contribution >= 4 is 39.5 Å². The Bertz CT molecular complexity index is 699. The maximum atomic E-state index is 11.9. The van der Waals surface area contributed by atoms with E-state index in [4.69, 9.17) is 16.3 Å². The summed E-state index contributed by atoms with van der Waals surface area (Å²) in [5.41, 5.74) is -0.727. The molecule has 1 saturated heterocycles. The van der Waals surface area contributed by atoms with Gasteiger partial charge in [0.05, 0.1) is 17.0 Å². The molecule has 2 rings (SSSR count). The standard InChI is InChI=1S/C13H15BrClN3O4/c1-7(19)16-5-10-9(15)4-11(22-10)18-6-8(2-3-14)12(20)17-13(18)21/h2-3,6,9-11H,4-5H2,1H3,(H,16,19)(H,17,20,21)/b3-2+/t9?,10-,11-/m0/s1. The maximum absolute atomic E-state index is 11.9. The molecule has 120 valence electrons. The van der Waals surface area contributed by atoms with Crippen molar-refractivity contribution in [3.63, 3.8) is 0 Å². The molecule has 0 aromatic carbocycles. The number of ether oxygens (including phenoxy) is 1. The van der Waals surface area contributed by atoms with Gasteiger partial charge in [0.1, 0.15) is 6.23 Å². The van der Waals surface area contributed by atoms with Crippen molar-refractivity contribution in [2.45, 2.75) is 31.1 Å². The number of alkyl halides is 1. The van der Waals surface area contributed by atoms with E-state index in [1.165, 1.54) is 28.7 Å². The summed E-state index contributed by atoms with van der Waals surface area (Å²) < 4.78 is 7.02. The van der Waals surface area contributed by atoms with Gasteiger partial charge in [-0.1, -0.05) is 15.9 Å². The van der Waals surface area contributed by atoms with E-state index in [2.05, 4.69) is 26.2 Å². The zero-order chi connectivity index (χ0) is 16.3. The second-order valence-corrected chi connectivity index (χ2v) is 5.95. The van der Waals surface area contributed by atoms with Crippen LogP contribution < -0.4 is 16.6 Å².